The van der Waals surface area contributed by atoms with E-state index in [1.165, 1.54) is 12.1 Å². The molecule has 0 N–H and O–H groups in total. The van der Waals surface area contributed by atoms with E-state index in [2.05, 4.69) is 15.9 Å². The van der Waals surface area contributed by atoms with Gasteiger partial charge in [0.1, 0.15) is 18.2 Å². The molecule has 0 aliphatic carbocycles. The predicted octanol–water partition coefficient (Wildman–Crippen LogP) is 2.65. The number of methoxy groups -OCH3 is 1. The normalized spacial score (nSPS) is 10.7. The van der Waals surface area contributed by atoms with Crippen molar-refractivity contribution in [3.05, 3.63) is 28.5 Å². The van der Waals surface area contributed by atoms with Crippen molar-refractivity contribution in [1.29, 1.82) is 0 Å². The molecule has 0 atom stereocenters. The smallest absolute Gasteiger partial charge is 0.136 e. The Labute approximate surface area is 120 Å². The van der Waals surface area contributed by atoms with E-state index in [9.17, 15) is 4.39 Å². The molecule has 19 heavy (non-hydrogen) atoms. The van der Waals surface area contributed by atoms with Gasteiger partial charge in [-0.25, -0.2) is 4.39 Å². The zero-order chi connectivity index (χ0) is 13.9. The van der Waals surface area contributed by atoms with Gasteiger partial charge in [0.15, 0.2) is 0 Å². The van der Waals surface area contributed by atoms with Gasteiger partial charge in [-0.1, -0.05) is 0 Å². The summed E-state index contributed by atoms with van der Waals surface area (Å²) in [5, 5.41) is 0. The monoisotopic (exact) mass is 336 g/mol. The third-order valence-electron chi connectivity index (χ3n) is 2.18. The number of benzene rings is 1. The van der Waals surface area contributed by atoms with Crippen LogP contribution >= 0.6 is 15.9 Å². The van der Waals surface area contributed by atoms with Gasteiger partial charge in [0, 0.05) is 13.2 Å². The maximum atomic E-state index is 13.0. The van der Waals surface area contributed by atoms with Crippen molar-refractivity contribution in [2.75, 3.05) is 46.8 Å². The van der Waals surface area contributed by atoms with E-state index in [1.807, 2.05) is 0 Å². The van der Waals surface area contributed by atoms with Crippen molar-refractivity contribution in [2.45, 2.75) is 0 Å². The zero-order valence-electron chi connectivity index (χ0n) is 10.9. The molecule has 108 valence electrons. The van der Waals surface area contributed by atoms with Crippen LogP contribution in [0.5, 0.6) is 5.75 Å². The van der Waals surface area contributed by atoms with Crippen LogP contribution in [0.3, 0.4) is 0 Å². The van der Waals surface area contributed by atoms with Gasteiger partial charge in [0.05, 0.1) is 37.5 Å². The Kier molecular flexibility index (Phi) is 8.73. The highest BCUT2D eigenvalue weighted by Gasteiger charge is 2.02. The number of hydrogen-bond donors (Lipinski definition) is 0. The van der Waals surface area contributed by atoms with Crippen molar-refractivity contribution in [3.8, 4) is 5.75 Å². The Morgan fingerprint density at radius 1 is 1.00 bits per heavy atom. The first-order chi connectivity index (χ1) is 9.24. The molecule has 1 aromatic carbocycles. The first kappa shape index (κ1) is 16.4. The van der Waals surface area contributed by atoms with E-state index >= 15 is 0 Å². The fourth-order valence-corrected chi connectivity index (χ4v) is 1.62. The second-order valence-corrected chi connectivity index (χ2v) is 4.50. The number of hydrogen-bond acceptors (Lipinski definition) is 4. The Balaban J connectivity index is 2.03. The molecule has 0 aromatic heterocycles. The molecule has 1 rings (SSSR count). The molecule has 0 aliphatic rings. The molecule has 0 bridgehead atoms. The number of ether oxygens (including phenoxy) is 4. The van der Waals surface area contributed by atoms with Gasteiger partial charge in [-0.3, -0.25) is 0 Å². The molecule has 0 amide bonds. The Bertz CT molecular complexity index is 362. The molecule has 0 saturated heterocycles. The summed E-state index contributed by atoms with van der Waals surface area (Å²) in [6.45, 7) is 2.95. The van der Waals surface area contributed by atoms with Crippen LogP contribution in [0.15, 0.2) is 22.7 Å². The SMILES string of the molecule is COCCOCCOCCOc1cc(F)ccc1Br. The lowest BCUT2D eigenvalue weighted by Gasteiger charge is -2.09. The van der Waals surface area contributed by atoms with Crippen LogP contribution in [0.4, 0.5) is 4.39 Å². The molecule has 1 aromatic rings. The Morgan fingerprint density at radius 3 is 2.32 bits per heavy atom. The van der Waals surface area contributed by atoms with Gasteiger partial charge < -0.3 is 18.9 Å². The van der Waals surface area contributed by atoms with Gasteiger partial charge in [-0.15, -0.1) is 0 Å². The summed E-state index contributed by atoms with van der Waals surface area (Å²) < 4.78 is 34.4. The summed E-state index contributed by atoms with van der Waals surface area (Å²) in [6, 6.07) is 4.30. The van der Waals surface area contributed by atoms with Crippen LogP contribution in [0.1, 0.15) is 0 Å². The molecule has 0 spiro atoms. The van der Waals surface area contributed by atoms with Crippen LogP contribution in [0, 0.1) is 5.82 Å². The molecule has 4 nitrogen and oxygen atoms in total. The number of halogens is 2. The minimum Gasteiger partial charge on any atom is -0.490 e. The summed E-state index contributed by atoms with van der Waals surface area (Å²) in [6.07, 6.45) is 0. The summed E-state index contributed by atoms with van der Waals surface area (Å²) in [4.78, 5) is 0. The molecule has 0 radical (unpaired) electrons. The minimum absolute atomic E-state index is 0.328. The van der Waals surface area contributed by atoms with Gasteiger partial charge in [0.25, 0.3) is 0 Å². The van der Waals surface area contributed by atoms with E-state index in [0.717, 1.165) is 4.47 Å². The average molecular weight is 337 g/mol. The number of rotatable bonds is 10. The third-order valence-corrected chi connectivity index (χ3v) is 2.84. The van der Waals surface area contributed by atoms with Crippen LogP contribution in [0.2, 0.25) is 0 Å². The molecule has 0 aliphatic heterocycles. The van der Waals surface area contributed by atoms with E-state index < -0.39 is 0 Å². The second-order valence-electron chi connectivity index (χ2n) is 3.64. The lowest BCUT2D eigenvalue weighted by Crippen LogP contribution is -2.12. The highest BCUT2D eigenvalue weighted by atomic mass is 79.9. The van der Waals surface area contributed by atoms with Crippen molar-refractivity contribution in [1.82, 2.24) is 0 Å². The summed E-state index contributed by atoms with van der Waals surface area (Å²) in [5.41, 5.74) is 0. The van der Waals surface area contributed by atoms with E-state index in [-0.39, 0.29) is 5.82 Å². The summed E-state index contributed by atoms with van der Waals surface area (Å²) >= 11 is 3.28. The van der Waals surface area contributed by atoms with Crippen molar-refractivity contribution in [3.63, 3.8) is 0 Å². The summed E-state index contributed by atoms with van der Waals surface area (Å²) in [7, 11) is 1.63. The average Bonchev–Trinajstić information content (AvgIpc) is 2.40. The van der Waals surface area contributed by atoms with E-state index in [0.29, 0.717) is 45.4 Å². The zero-order valence-corrected chi connectivity index (χ0v) is 12.4. The Hall–Kier alpha value is -0.690. The topological polar surface area (TPSA) is 36.9 Å². The molecule has 0 saturated carbocycles. The van der Waals surface area contributed by atoms with E-state index in [1.54, 1.807) is 13.2 Å². The largest absolute Gasteiger partial charge is 0.490 e. The van der Waals surface area contributed by atoms with Crippen LogP contribution in [-0.2, 0) is 14.2 Å². The fraction of sp³-hybridized carbons (Fsp3) is 0.538. The summed E-state index contributed by atoms with van der Waals surface area (Å²) in [5.74, 6) is 0.144. The van der Waals surface area contributed by atoms with Crippen molar-refractivity contribution >= 4 is 15.9 Å². The predicted molar refractivity (Wildman–Crippen MR) is 73.1 cm³/mol. The van der Waals surface area contributed by atoms with Gasteiger partial charge >= 0.3 is 0 Å². The molecule has 0 heterocycles. The van der Waals surface area contributed by atoms with Gasteiger partial charge in [-0.05, 0) is 28.1 Å². The highest BCUT2D eigenvalue weighted by molar-refractivity contribution is 9.10. The first-order valence-electron chi connectivity index (χ1n) is 5.96. The quantitative estimate of drug-likeness (QED) is 0.615. The highest BCUT2D eigenvalue weighted by Crippen LogP contribution is 2.25. The lowest BCUT2D eigenvalue weighted by atomic mass is 10.3. The molecule has 6 heteroatoms. The maximum absolute atomic E-state index is 13.0. The van der Waals surface area contributed by atoms with Crippen LogP contribution in [-0.4, -0.2) is 46.8 Å². The lowest BCUT2D eigenvalue weighted by molar-refractivity contribution is 0.0179. The molecule has 0 unspecified atom stereocenters. The first-order valence-corrected chi connectivity index (χ1v) is 6.75. The maximum Gasteiger partial charge on any atom is 0.136 e. The molecular weight excluding hydrogens is 319 g/mol. The van der Waals surface area contributed by atoms with Gasteiger partial charge in [-0.2, -0.15) is 0 Å². The van der Waals surface area contributed by atoms with Crippen LogP contribution < -0.4 is 4.74 Å². The second kappa shape index (κ2) is 10.1. The van der Waals surface area contributed by atoms with Crippen LogP contribution in [0.25, 0.3) is 0 Å². The fourth-order valence-electron chi connectivity index (χ4n) is 1.26. The standard InChI is InChI=1S/C13H18BrFO4/c1-16-4-5-17-6-7-18-8-9-19-13-10-11(15)2-3-12(13)14/h2-3,10H,4-9H2,1H3. The Morgan fingerprint density at radius 2 is 1.63 bits per heavy atom. The minimum atomic E-state index is -0.328. The van der Waals surface area contributed by atoms with Crippen molar-refractivity contribution in [2.24, 2.45) is 0 Å². The van der Waals surface area contributed by atoms with Gasteiger partial charge in [0.2, 0.25) is 0 Å². The van der Waals surface area contributed by atoms with Crippen molar-refractivity contribution < 1.29 is 23.3 Å². The van der Waals surface area contributed by atoms with E-state index in [4.69, 9.17) is 18.9 Å². The molecular formula is C13H18BrFO4. The third kappa shape index (κ3) is 7.47. The molecule has 0 fully saturated rings.